The van der Waals surface area contributed by atoms with Crippen LogP contribution in [-0.2, 0) is 26.6 Å². The number of anilines is 1. The van der Waals surface area contributed by atoms with Crippen molar-refractivity contribution < 1.29 is 27.8 Å². The van der Waals surface area contributed by atoms with E-state index in [9.17, 15) is 18.3 Å². The molecule has 8 nitrogen and oxygen atoms in total. The molecule has 2 saturated carbocycles. The first-order valence-corrected chi connectivity index (χ1v) is 18.2. The lowest BCUT2D eigenvalue weighted by atomic mass is 9.68. The number of halogens is 1. The Hall–Kier alpha value is -2.59. The van der Waals surface area contributed by atoms with Gasteiger partial charge in [0.05, 0.1) is 36.3 Å². The van der Waals surface area contributed by atoms with E-state index in [0.29, 0.717) is 25.1 Å². The fourth-order valence-electron chi connectivity index (χ4n) is 8.40. The average molecular weight is 657 g/mol. The number of allylic oxidation sites excluding steroid dienone is 1. The van der Waals surface area contributed by atoms with Crippen molar-refractivity contribution in [2.75, 3.05) is 31.7 Å². The number of carbonyl (C=O) groups is 1. The summed E-state index contributed by atoms with van der Waals surface area (Å²) >= 11 is 6.40. The van der Waals surface area contributed by atoms with Gasteiger partial charge in [-0.15, -0.1) is 0 Å². The van der Waals surface area contributed by atoms with Crippen LogP contribution in [0.15, 0.2) is 48.6 Å². The van der Waals surface area contributed by atoms with Gasteiger partial charge in [0.15, 0.2) is 0 Å². The van der Waals surface area contributed by atoms with E-state index in [1.54, 1.807) is 6.07 Å². The zero-order chi connectivity index (χ0) is 31.9. The van der Waals surface area contributed by atoms with Crippen molar-refractivity contribution in [3.8, 4) is 5.75 Å². The second kappa shape index (κ2) is 12.9. The van der Waals surface area contributed by atoms with Crippen LogP contribution in [-0.4, -0.2) is 57.7 Å². The van der Waals surface area contributed by atoms with Gasteiger partial charge in [0.2, 0.25) is 10.0 Å². The second-order valence-corrected chi connectivity index (χ2v) is 16.0. The van der Waals surface area contributed by atoms with Crippen LogP contribution in [0.1, 0.15) is 73.4 Å². The summed E-state index contributed by atoms with van der Waals surface area (Å²) in [6, 6.07) is 11.7. The average Bonchev–Trinajstić information content (AvgIpc) is 3.14. The van der Waals surface area contributed by atoms with Crippen LogP contribution in [0.3, 0.4) is 0 Å². The Kier molecular flexibility index (Phi) is 9.27. The number of methoxy groups -OCH3 is 1. The Morgan fingerprint density at radius 2 is 2.02 bits per heavy atom. The number of esters is 1. The lowest BCUT2D eigenvalue weighted by Gasteiger charge is -2.45. The van der Waals surface area contributed by atoms with Crippen LogP contribution in [0.4, 0.5) is 5.69 Å². The van der Waals surface area contributed by atoms with Crippen LogP contribution >= 0.6 is 11.6 Å². The molecule has 3 aliphatic carbocycles. The summed E-state index contributed by atoms with van der Waals surface area (Å²) in [6.45, 7) is 3.93. The first kappa shape index (κ1) is 32.4. The molecule has 2 aromatic rings. The number of benzene rings is 2. The first-order valence-electron chi connectivity index (χ1n) is 16.3. The molecule has 1 spiro atoms. The molecule has 0 amide bonds. The highest BCUT2D eigenvalue weighted by atomic mass is 35.5. The summed E-state index contributed by atoms with van der Waals surface area (Å²) in [4.78, 5) is 14.9. The van der Waals surface area contributed by atoms with Crippen LogP contribution in [0.25, 0.3) is 0 Å². The number of nitrogens with zero attached hydrogens (tertiary/aromatic N) is 1. The Morgan fingerprint density at radius 3 is 2.76 bits per heavy atom. The summed E-state index contributed by atoms with van der Waals surface area (Å²) in [7, 11) is -2.21. The van der Waals surface area contributed by atoms with Crippen molar-refractivity contribution in [3.05, 3.63) is 70.3 Å². The van der Waals surface area contributed by atoms with E-state index in [1.165, 1.54) is 18.2 Å². The number of aliphatic hydroxyl groups excluding tert-OH is 1. The number of fused-ring (bicyclic) bond motifs is 3. The number of sulfonamides is 1. The summed E-state index contributed by atoms with van der Waals surface area (Å²) < 4.78 is 35.8. The van der Waals surface area contributed by atoms with E-state index in [0.717, 1.165) is 68.0 Å². The number of hydrogen-bond donors (Lipinski definition) is 2. The van der Waals surface area contributed by atoms with Gasteiger partial charge >= 0.3 is 5.97 Å². The number of nitrogens with two attached hydrogens (primary N) is 1. The smallest absolute Gasteiger partial charge is 0.337 e. The van der Waals surface area contributed by atoms with Gasteiger partial charge in [-0.1, -0.05) is 43.2 Å². The molecular formula is C35H45ClN2O6S. The second-order valence-electron chi connectivity index (χ2n) is 13.7. The van der Waals surface area contributed by atoms with Crippen molar-refractivity contribution in [1.82, 2.24) is 0 Å². The number of carbonyl (C=O) groups excluding carboxylic acids is 1. The van der Waals surface area contributed by atoms with Gasteiger partial charge in [0, 0.05) is 23.5 Å². The molecule has 4 aliphatic rings. The normalized spacial score (nSPS) is 30.5. The van der Waals surface area contributed by atoms with Crippen molar-refractivity contribution in [2.45, 2.75) is 75.1 Å². The van der Waals surface area contributed by atoms with E-state index in [2.05, 4.69) is 17.0 Å². The number of hydrogen-bond acceptors (Lipinski definition) is 7. The third-order valence-corrected chi connectivity index (χ3v) is 12.8. The van der Waals surface area contributed by atoms with Gasteiger partial charge in [0.25, 0.3) is 0 Å². The van der Waals surface area contributed by atoms with Gasteiger partial charge in [-0.25, -0.2) is 18.4 Å². The quantitative estimate of drug-likeness (QED) is 0.293. The predicted molar refractivity (Wildman–Crippen MR) is 176 cm³/mol. The lowest BCUT2D eigenvalue weighted by Crippen LogP contribution is -2.49. The van der Waals surface area contributed by atoms with Crippen molar-refractivity contribution in [3.63, 3.8) is 0 Å². The summed E-state index contributed by atoms with van der Waals surface area (Å²) in [5.74, 6) is 0.658. The summed E-state index contributed by atoms with van der Waals surface area (Å²) in [6.07, 6.45) is 10.5. The van der Waals surface area contributed by atoms with E-state index in [1.807, 2.05) is 37.3 Å². The van der Waals surface area contributed by atoms with E-state index in [-0.39, 0.29) is 29.1 Å². The maximum atomic E-state index is 12.5. The SMILES string of the molecule is COC(=O)c1ccc2c(c1)N(C[C@@H]1CC[C@H]1[C@@H](O)/C=C/[C@@H]1CCC[C@@H](S(N)(=O)=O)[C@H]1C)C[C@@]1(CCCc3cc(Cl)ccc31)CO2. The molecule has 1 heterocycles. The molecule has 0 radical (unpaired) electrons. The predicted octanol–water partition coefficient (Wildman–Crippen LogP) is 5.64. The van der Waals surface area contributed by atoms with Crippen LogP contribution in [0.2, 0.25) is 5.02 Å². The number of ether oxygens (including phenoxy) is 2. The molecule has 2 aromatic carbocycles. The summed E-state index contributed by atoms with van der Waals surface area (Å²) in [5, 5.41) is 17.1. The van der Waals surface area contributed by atoms with Crippen LogP contribution in [0.5, 0.6) is 5.75 Å². The molecule has 2 fully saturated rings. The molecule has 1 aliphatic heterocycles. The molecule has 0 saturated heterocycles. The lowest BCUT2D eigenvalue weighted by molar-refractivity contribution is 0.0452. The maximum absolute atomic E-state index is 12.5. The minimum absolute atomic E-state index is 0.0707. The van der Waals surface area contributed by atoms with Gasteiger partial charge in [-0.05, 0) is 110 Å². The van der Waals surface area contributed by atoms with E-state index in [4.69, 9.17) is 26.2 Å². The van der Waals surface area contributed by atoms with E-state index < -0.39 is 27.3 Å². The number of rotatable bonds is 7. The Labute approximate surface area is 272 Å². The van der Waals surface area contributed by atoms with Crippen LogP contribution in [0, 0.1) is 23.7 Å². The fraction of sp³-hybridized carbons (Fsp3) is 0.571. The number of aliphatic hydroxyl groups is 1. The minimum Gasteiger partial charge on any atom is -0.490 e. The third-order valence-electron chi connectivity index (χ3n) is 11.1. The Balaban J connectivity index is 1.25. The highest BCUT2D eigenvalue weighted by Crippen LogP contribution is 2.47. The summed E-state index contributed by atoms with van der Waals surface area (Å²) in [5.41, 5.74) is 3.65. The van der Waals surface area contributed by atoms with Gasteiger partial charge in [-0.2, -0.15) is 0 Å². The minimum atomic E-state index is -3.60. The molecule has 7 atom stereocenters. The van der Waals surface area contributed by atoms with E-state index >= 15 is 0 Å². The first-order chi connectivity index (χ1) is 21.5. The molecular weight excluding hydrogens is 612 g/mol. The Bertz CT molecular complexity index is 1560. The largest absolute Gasteiger partial charge is 0.490 e. The topological polar surface area (TPSA) is 119 Å². The van der Waals surface area contributed by atoms with Crippen molar-refractivity contribution >= 4 is 33.3 Å². The molecule has 45 heavy (non-hydrogen) atoms. The molecule has 10 heteroatoms. The third kappa shape index (κ3) is 6.51. The van der Waals surface area contributed by atoms with Crippen molar-refractivity contribution in [1.29, 1.82) is 0 Å². The zero-order valence-electron chi connectivity index (χ0n) is 26.2. The fourth-order valence-corrected chi connectivity index (χ4v) is 9.89. The molecule has 6 rings (SSSR count). The van der Waals surface area contributed by atoms with Gasteiger partial charge in [0.1, 0.15) is 5.75 Å². The molecule has 0 aromatic heterocycles. The monoisotopic (exact) mass is 656 g/mol. The zero-order valence-corrected chi connectivity index (χ0v) is 27.7. The standard InChI is InChI=1S/C35H45ClN2O6S/c1-22-23(5-3-7-33(22)45(37,41)42)9-14-31(39)28-12-8-26(28)19-38-20-35(16-4-6-24-17-27(36)11-13-29(24)35)21-44-32-15-10-25(18-30(32)38)34(40)43-2/h9-11,13-15,17-18,22-23,26,28,31,33,39H,3-8,12,16,19-21H2,1-2H3,(H2,37,41,42)/b14-9+/t22-,23-,26-,28+,31-,33+,35-/m0/s1. The Morgan fingerprint density at radius 1 is 1.20 bits per heavy atom. The highest BCUT2D eigenvalue weighted by molar-refractivity contribution is 7.89. The highest BCUT2D eigenvalue weighted by Gasteiger charge is 2.44. The number of aryl methyl sites for hydroxylation is 1. The molecule has 3 N–H and O–H groups in total. The number of primary sulfonamides is 1. The van der Waals surface area contributed by atoms with Gasteiger partial charge in [-0.3, -0.25) is 0 Å². The van der Waals surface area contributed by atoms with Crippen LogP contribution < -0.4 is 14.8 Å². The molecule has 0 unspecified atom stereocenters. The van der Waals surface area contributed by atoms with Gasteiger partial charge < -0.3 is 19.5 Å². The van der Waals surface area contributed by atoms with Crippen molar-refractivity contribution in [2.24, 2.45) is 28.8 Å². The maximum Gasteiger partial charge on any atom is 0.337 e. The molecule has 0 bridgehead atoms. The molecule has 244 valence electrons.